The molecule has 0 spiro atoms. The molecule has 1 heterocycles. The molecule has 0 aromatic rings. The van der Waals surface area contributed by atoms with Crippen molar-refractivity contribution in [3.63, 3.8) is 0 Å². The van der Waals surface area contributed by atoms with Gasteiger partial charge in [-0.05, 0) is 25.2 Å². The van der Waals surface area contributed by atoms with E-state index in [0.29, 0.717) is 25.9 Å². The second kappa shape index (κ2) is 6.72. The Balaban J connectivity index is 1.77. The second-order valence-corrected chi connectivity index (χ2v) is 5.71. The zero-order valence-corrected chi connectivity index (χ0v) is 11.6. The number of likely N-dealkylation sites (tertiary alicyclic amines) is 1. The Labute approximate surface area is 118 Å². The zero-order chi connectivity index (χ0) is 14.5. The van der Waals surface area contributed by atoms with E-state index in [9.17, 15) is 19.5 Å². The highest BCUT2D eigenvalue weighted by Gasteiger charge is 2.31. The van der Waals surface area contributed by atoms with E-state index < -0.39 is 5.97 Å². The Morgan fingerprint density at radius 3 is 2.65 bits per heavy atom. The summed E-state index contributed by atoms with van der Waals surface area (Å²) in [5.74, 6) is -1.26. The number of carbonyl (C=O) groups is 3. The lowest BCUT2D eigenvalue weighted by molar-refractivity contribution is -0.145. The fourth-order valence-corrected chi connectivity index (χ4v) is 3.12. The minimum Gasteiger partial charge on any atom is -0.481 e. The maximum absolute atomic E-state index is 11.8. The molecule has 0 radical (unpaired) electrons. The molecule has 2 amide bonds. The summed E-state index contributed by atoms with van der Waals surface area (Å²) in [7, 11) is 0. The van der Waals surface area contributed by atoms with Crippen molar-refractivity contribution in [3.05, 3.63) is 0 Å². The largest absolute Gasteiger partial charge is 0.481 e. The average molecular weight is 282 g/mol. The van der Waals surface area contributed by atoms with Crippen LogP contribution in [0.1, 0.15) is 38.5 Å². The Hall–Kier alpha value is -1.59. The van der Waals surface area contributed by atoms with Crippen molar-refractivity contribution in [1.29, 1.82) is 0 Å². The summed E-state index contributed by atoms with van der Waals surface area (Å²) in [4.78, 5) is 36.0. The van der Waals surface area contributed by atoms with E-state index in [2.05, 4.69) is 5.32 Å². The number of hydrogen-bond donors (Lipinski definition) is 2. The van der Waals surface area contributed by atoms with Gasteiger partial charge in [0.05, 0.1) is 12.5 Å². The predicted octanol–water partition coefficient (Wildman–Crippen LogP) is 0.616. The molecule has 2 unspecified atom stereocenters. The van der Waals surface area contributed by atoms with Crippen LogP contribution in [0.3, 0.4) is 0 Å². The molecule has 2 atom stereocenters. The number of amides is 2. The first-order chi connectivity index (χ1) is 9.58. The Kier molecular flexibility index (Phi) is 4.98. The SMILES string of the molecule is O=C(CN1CCCC1=O)NCC1CCCCC1C(=O)O. The number of rotatable bonds is 5. The normalized spacial score (nSPS) is 26.6. The second-order valence-electron chi connectivity index (χ2n) is 5.71. The standard InChI is InChI=1S/C14H22N2O4/c17-12(9-16-7-3-6-13(16)18)15-8-10-4-1-2-5-11(10)14(19)20/h10-11H,1-9H2,(H,15,17)(H,19,20). The number of carboxylic acids is 1. The molecule has 20 heavy (non-hydrogen) atoms. The van der Waals surface area contributed by atoms with Gasteiger partial charge in [0.25, 0.3) is 0 Å². The highest BCUT2D eigenvalue weighted by atomic mass is 16.4. The monoisotopic (exact) mass is 282 g/mol. The molecule has 0 aromatic carbocycles. The minimum absolute atomic E-state index is 0.0134. The number of carboxylic acid groups (broad SMARTS) is 1. The van der Waals surface area contributed by atoms with Crippen LogP contribution in [-0.4, -0.2) is 47.4 Å². The number of nitrogens with one attached hydrogen (secondary N) is 1. The van der Waals surface area contributed by atoms with Crippen LogP contribution in [0, 0.1) is 11.8 Å². The summed E-state index contributed by atoms with van der Waals surface area (Å²) < 4.78 is 0. The quantitative estimate of drug-likeness (QED) is 0.773. The molecule has 6 nitrogen and oxygen atoms in total. The van der Waals surface area contributed by atoms with Gasteiger partial charge in [0, 0.05) is 19.5 Å². The van der Waals surface area contributed by atoms with E-state index in [0.717, 1.165) is 25.7 Å². The molecule has 2 rings (SSSR count). The third kappa shape index (κ3) is 3.71. The van der Waals surface area contributed by atoms with E-state index in [4.69, 9.17) is 0 Å². The van der Waals surface area contributed by atoms with Crippen LogP contribution in [0.15, 0.2) is 0 Å². The number of carbonyl (C=O) groups excluding carboxylic acids is 2. The average Bonchev–Trinajstić information content (AvgIpc) is 2.82. The summed E-state index contributed by atoms with van der Waals surface area (Å²) in [6.45, 7) is 1.15. The molecule has 1 saturated carbocycles. The topological polar surface area (TPSA) is 86.7 Å². The van der Waals surface area contributed by atoms with Crippen molar-refractivity contribution < 1.29 is 19.5 Å². The van der Waals surface area contributed by atoms with E-state index in [1.165, 1.54) is 0 Å². The lowest BCUT2D eigenvalue weighted by atomic mass is 9.79. The number of aliphatic carboxylic acids is 1. The Morgan fingerprint density at radius 2 is 2.00 bits per heavy atom. The summed E-state index contributed by atoms with van der Waals surface area (Å²) in [6.07, 6.45) is 4.85. The minimum atomic E-state index is -0.765. The Bertz CT molecular complexity index is 397. The lowest BCUT2D eigenvalue weighted by Gasteiger charge is -2.28. The molecule has 1 saturated heterocycles. The molecule has 2 aliphatic rings. The molecule has 112 valence electrons. The third-order valence-corrected chi connectivity index (χ3v) is 4.29. The third-order valence-electron chi connectivity index (χ3n) is 4.29. The van der Waals surface area contributed by atoms with Gasteiger partial charge in [0.15, 0.2) is 0 Å². The van der Waals surface area contributed by atoms with Crippen LogP contribution in [0.2, 0.25) is 0 Å². The first-order valence-electron chi connectivity index (χ1n) is 7.35. The van der Waals surface area contributed by atoms with Crippen molar-refractivity contribution in [3.8, 4) is 0 Å². The smallest absolute Gasteiger partial charge is 0.306 e. The maximum Gasteiger partial charge on any atom is 0.306 e. The first kappa shape index (κ1) is 14.8. The number of hydrogen-bond acceptors (Lipinski definition) is 3. The molecule has 1 aliphatic heterocycles. The van der Waals surface area contributed by atoms with Crippen LogP contribution >= 0.6 is 0 Å². The fraction of sp³-hybridized carbons (Fsp3) is 0.786. The van der Waals surface area contributed by atoms with E-state index >= 15 is 0 Å². The molecule has 2 N–H and O–H groups in total. The zero-order valence-electron chi connectivity index (χ0n) is 11.6. The van der Waals surface area contributed by atoms with Gasteiger partial charge in [-0.15, -0.1) is 0 Å². The van der Waals surface area contributed by atoms with Crippen molar-refractivity contribution in [2.45, 2.75) is 38.5 Å². The van der Waals surface area contributed by atoms with Gasteiger partial charge in [-0.3, -0.25) is 14.4 Å². The summed E-state index contributed by atoms with van der Waals surface area (Å²) in [6, 6.07) is 0. The van der Waals surface area contributed by atoms with Gasteiger partial charge in [0.1, 0.15) is 0 Å². The summed E-state index contributed by atoms with van der Waals surface area (Å²) >= 11 is 0. The molecule has 6 heteroatoms. The van der Waals surface area contributed by atoms with Crippen LogP contribution in [-0.2, 0) is 14.4 Å². The first-order valence-corrected chi connectivity index (χ1v) is 7.35. The van der Waals surface area contributed by atoms with Crippen molar-refractivity contribution in [2.24, 2.45) is 11.8 Å². The fourth-order valence-electron chi connectivity index (χ4n) is 3.12. The van der Waals surface area contributed by atoms with Crippen molar-refractivity contribution >= 4 is 17.8 Å². The van der Waals surface area contributed by atoms with Gasteiger partial charge in [-0.2, -0.15) is 0 Å². The van der Waals surface area contributed by atoms with E-state index in [-0.39, 0.29) is 30.2 Å². The molecule has 2 fully saturated rings. The lowest BCUT2D eigenvalue weighted by Crippen LogP contribution is -2.42. The maximum atomic E-state index is 11.8. The van der Waals surface area contributed by atoms with Gasteiger partial charge < -0.3 is 15.3 Å². The molecular weight excluding hydrogens is 260 g/mol. The molecule has 0 aromatic heterocycles. The number of nitrogens with zero attached hydrogens (tertiary/aromatic N) is 1. The van der Waals surface area contributed by atoms with E-state index in [1.54, 1.807) is 4.90 Å². The van der Waals surface area contributed by atoms with Crippen LogP contribution in [0.4, 0.5) is 0 Å². The van der Waals surface area contributed by atoms with Crippen LogP contribution < -0.4 is 5.32 Å². The Morgan fingerprint density at radius 1 is 1.25 bits per heavy atom. The highest BCUT2D eigenvalue weighted by Crippen LogP contribution is 2.29. The van der Waals surface area contributed by atoms with Gasteiger partial charge in [0.2, 0.25) is 11.8 Å². The van der Waals surface area contributed by atoms with Crippen LogP contribution in [0.5, 0.6) is 0 Å². The van der Waals surface area contributed by atoms with Gasteiger partial charge in [-0.1, -0.05) is 12.8 Å². The summed E-state index contributed by atoms with van der Waals surface area (Å²) in [5.41, 5.74) is 0. The van der Waals surface area contributed by atoms with Crippen LogP contribution in [0.25, 0.3) is 0 Å². The van der Waals surface area contributed by atoms with Crippen molar-refractivity contribution in [1.82, 2.24) is 10.2 Å². The van der Waals surface area contributed by atoms with E-state index in [1.807, 2.05) is 0 Å². The summed E-state index contributed by atoms with van der Waals surface area (Å²) in [5, 5.41) is 12.0. The van der Waals surface area contributed by atoms with Crippen molar-refractivity contribution in [2.75, 3.05) is 19.6 Å². The molecule has 1 aliphatic carbocycles. The van der Waals surface area contributed by atoms with Gasteiger partial charge in [-0.25, -0.2) is 0 Å². The molecule has 0 bridgehead atoms. The van der Waals surface area contributed by atoms with Gasteiger partial charge >= 0.3 is 5.97 Å². The molecular formula is C14H22N2O4. The predicted molar refractivity (Wildman–Crippen MR) is 71.9 cm³/mol. The highest BCUT2D eigenvalue weighted by molar-refractivity contribution is 5.85.